The fourth-order valence-electron chi connectivity index (χ4n) is 3.80. The number of aromatic nitrogens is 2. The standard InChI is InChI=1S/C22H17F3N4O3/c23-22(24,25)14-8-9-19(29(31)32)16(12-14)20-26-11-10-18(27-20)21(30)28-17-7-3-5-13-4-1-2-6-15(13)17/h1-2,4,6,8-12,17H,3,5,7H2,(H,28,30)/t17-/m0/s1. The predicted molar refractivity (Wildman–Crippen MR) is 109 cm³/mol. The minimum Gasteiger partial charge on any atom is -0.344 e. The first-order valence-corrected chi connectivity index (χ1v) is 9.82. The molecule has 0 unspecified atom stereocenters. The van der Waals surface area contributed by atoms with Gasteiger partial charge in [-0.05, 0) is 48.6 Å². The lowest BCUT2D eigenvalue weighted by Gasteiger charge is -2.26. The molecule has 3 aromatic rings. The van der Waals surface area contributed by atoms with Gasteiger partial charge >= 0.3 is 6.18 Å². The maximum Gasteiger partial charge on any atom is 0.416 e. The highest BCUT2D eigenvalue weighted by Crippen LogP contribution is 2.36. The number of nitrogens with zero attached hydrogens (tertiary/aromatic N) is 3. The Morgan fingerprint density at radius 2 is 1.94 bits per heavy atom. The van der Waals surface area contributed by atoms with Gasteiger partial charge in [0.15, 0.2) is 5.82 Å². The van der Waals surface area contributed by atoms with Crippen molar-refractivity contribution in [1.29, 1.82) is 0 Å². The Kier molecular flexibility index (Phi) is 5.60. The second-order valence-corrected chi connectivity index (χ2v) is 7.37. The fourth-order valence-corrected chi connectivity index (χ4v) is 3.80. The van der Waals surface area contributed by atoms with Crippen molar-refractivity contribution in [2.45, 2.75) is 31.5 Å². The topological polar surface area (TPSA) is 98.0 Å². The van der Waals surface area contributed by atoms with Crippen molar-refractivity contribution in [3.63, 3.8) is 0 Å². The van der Waals surface area contributed by atoms with Crippen LogP contribution in [0.1, 0.15) is 46.1 Å². The summed E-state index contributed by atoms with van der Waals surface area (Å²) >= 11 is 0. The molecule has 1 amide bonds. The highest BCUT2D eigenvalue weighted by atomic mass is 19.4. The molecule has 1 aromatic heterocycles. The van der Waals surface area contributed by atoms with Gasteiger partial charge in [-0.1, -0.05) is 24.3 Å². The summed E-state index contributed by atoms with van der Waals surface area (Å²) in [6.45, 7) is 0. The molecule has 0 saturated carbocycles. The summed E-state index contributed by atoms with van der Waals surface area (Å²) in [5.41, 5.74) is -0.0127. The van der Waals surface area contributed by atoms with E-state index in [4.69, 9.17) is 0 Å². The zero-order chi connectivity index (χ0) is 22.9. The zero-order valence-corrected chi connectivity index (χ0v) is 16.6. The summed E-state index contributed by atoms with van der Waals surface area (Å²) in [6.07, 6.45) is -0.962. The van der Waals surface area contributed by atoms with Gasteiger partial charge in [-0.2, -0.15) is 13.2 Å². The van der Waals surface area contributed by atoms with Crippen LogP contribution in [0.5, 0.6) is 0 Å². The first kappa shape index (κ1) is 21.4. The molecule has 0 saturated heterocycles. The van der Waals surface area contributed by atoms with Crippen LogP contribution in [0.3, 0.4) is 0 Å². The smallest absolute Gasteiger partial charge is 0.344 e. The number of rotatable bonds is 4. The van der Waals surface area contributed by atoms with Crippen molar-refractivity contribution in [3.8, 4) is 11.4 Å². The Hall–Kier alpha value is -3.82. The van der Waals surface area contributed by atoms with Crippen LogP contribution in [0.2, 0.25) is 0 Å². The molecule has 0 aliphatic heterocycles. The molecule has 0 fully saturated rings. The number of halogens is 3. The van der Waals surface area contributed by atoms with E-state index in [1.54, 1.807) is 0 Å². The number of fused-ring (bicyclic) bond motifs is 1. The van der Waals surface area contributed by atoms with Crippen LogP contribution in [0, 0.1) is 10.1 Å². The SMILES string of the molecule is O=C(N[C@H]1CCCc2ccccc21)c1ccnc(-c2cc(C(F)(F)F)ccc2[N+](=O)[O-])n1. The number of nitrogens with one attached hydrogen (secondary N) is 1. The quantitative estimate of drug-likeness (QED) is 0.459. The van der Waals surface area contributed by atoms with Crippen LogP contribution in [0.4, 0.5) is 18.9 Å². The summed E-state index contributed by atoms with van der Waals surface area (Å²) in [5.74, 6) is -0.871. The first-order valence-electron chi connectivity index (χ1n) is 9.82. The van der Waals surface area contributed by atoms with Gasteiger partial charge in [0.1, 0.15) is 5.69 Å². The Morgan fingerprint density at radius 1 is 1.16 bits per heavy atom. The average Bonchev–Trinajstić information content (AvgIpc) is 2.78. The van der Waals surface area contributed by atoms with Crippen LogP contribution in [0.15, 0.2) is 54.7 Å². The van der Waals surface area contributed by atoms with Gasteiger partial charge in [-0.25, -0.2) is 9.97 Å². The van der Waals surface area contributed by atoms with Crippen molar-refractivity contribution in [3.05, 3.63) is 87.2 Å². The first-order chi connectivity index (χ1) is 15.2. The minimum atomic E-state index is -4.70. The second kappa shape index (κ2) is 8.37. The molecule has 32 heavy (non-hydrogen) atoms. The number of aryl methyl sites for hydroxylation is 1. The lowest BCUT2D eigenvalue weighted by molar-refractivity contribution is -0.384. The lowest BCUT2D eigenvalue weighted by atomic mass is 9.87. The number of hydrogen-bond acceptors (Lipinski definition) is 5. The molecule has 164 valence electrons. The summed E-state index contributed by atoms with van der Waals surface area (Å²) in [4.78, 5) is 31.3. The van der Waals surface area contributed by atoms with Gasteiger partial charge in [-0.3, -0.25) is 14.9 Å². The molecule has 1 aliphatic carbocycles. The molecule has 7 nitrogen and oxygen atoms in total. The van der Waals surface area contributed by atoms with Crippen LogP contribution < -0.4 is 5.32 Å². The molecule has 4 rings (SSSR count). The third-order valence-corrected chi connectivity index (χ3v) is 5.32. The zero-order valence-electron chi connectivity index (χ0n) is 16.6. The van der Waals surface area contributed by atoms with Gasteiger partial charge in [0.05, 0.1) is 22.1 Å². The van der Waals surface area contributed by atoms with Gasteiger partial charge in [0.2, 0.25) is 0 Å². The Bertz CT molecular complexity index is 1200. The fraction of sp³-hybridized carbons (Fsp3) is 0.227. The van der Waals surface area contributed by atoms with E-state index in [0.717, 1.165) is 36.5 Å². The van der Waals surface area contributed by atoms with E-state index in [-0.39, 0.29) is 17.6 Å². The Morgan fingerprint density at radius 3 is 2.69 bits per heavy atom. The summed E-state index contributed by atoms with van der Waals surface area (Å²) in [6, 6.07) is 10.8. The summed E-state index contributed by atoms with van der Waals surface area (Å²) < 4.78 is 39.4. The van der Waals surface area contributed by atoms with E-state index >= 15 is 0 Å². The van der Waals surface area contributed by atoms with Crippen molar-refractivity contribution in [1.82, 2.24) is 15.3 Å². The van der Waals surface area contributed by atoms with Gasteiger partial charge in [0.25, 0.3) is 11.6 Å². The molecule has 0 bridgehead atoms. The van der Waals surface area contributed by atoms with Crippen LogP contribution >= 0.6 is 0 Å². The van der Waals surface area contributed by atoms with E-state index in [9.17, 15) is 28.1 Å². The molecule has 1 aliphatic rings. The number of alkyl halides is 3. The number of nitro groups is 1. The molecule has 0 radical (unpaired) electrons. The molecule has 10 heteroatoms. The number of amides is 1. The number of carbonyl (C=O) groups is 1. The van der Waals surface area contributed by atoms with E-state index in [1.165, 1.54) is 12.3 Å². The van der Waals surface area contributed by atoms with Crippen molar-refractivity contribution in [2.75, 3.05) is 0 Å². The second-order valence-electron chi connectivity index (χ2n) is 7.37. The van der Waals surface area contributed by atoms with Crippen LogP contribution in [-0.2, 0) is 12.6 Å². The maximum atomic E-state index is 13.1. The molecule has 2 aromatic carbocycles. The predicted octanol–water partition coefficient (Wildman–Crippen LogP) is 4.88. The third-order valence-electron chi connectivity index (χ3n) is 5.32. The van der Waals surface area contributed by atoms with Gasteiger partial charge < -0.3 is 5.32 Å². The summed E-state index contributed by atoms with van der Waals surface area (Å²) in [5, 5.41) is 14.2. The van der Waals surface area contributed by atoms with E-state index in [2.05, 4.69) is 15.3 Å². The van der Waals surface area contributed by atoms with Gasteiger partial charge in [0, 0.05) is 12.3 Å². The lowest BCUT2D eigenvalue weighted by Crippen LogP contribution is -2.31. The van der Waals surface area contributed by atoms with Crippen molar-refractivity contribution >= 4 is 11.6 Å². The molecule has 1 atom stereocenters. The van der Waals surface area contributed by atoms with Crippen LogP contribution in [-0.4, -0.2) is 20.8 Å². The molecular weight excluding hydrogens is 425 g/mol. The number of benzene rings is 2. The molecular formula is C22H17F3N4O3. The average molecular weight is 442 g/mol. The molecule has 1 heterocycles. The molecule has 0 spiro atoms. The highest BCUT2D eigenvalue weighted by Gasteiger charge is 2.33. The van der Waals surface area contributed by atoms with E-state index in [1.807, 2.05) is 24.3 Å². The van der Waals surface area contributed by atoms with Crippen molar-refractivity contribution in [2.24, 2.45) is 0 Å². The van der Waals surface area contributed by atoms with E-state index < -0.39 is 33.8 Å². The monoisotopic (exact) mass is 442 g/mol. The maximum absolute atomic E-state index is 13.1. The summed E-state index contributed by atoms with van der Waals surface area (Å²) in [7, 11) is 0. The van der Waals surface area contributed by atoms with Gasteiger partial charge in [-0.15, -0.1) is 0 Å². The molecule has 1 N–H and O–H groups in total. The number of nitro benzene ring substituents is 1. The third kappa shape index (κ3) is 4.29. The highest BCUT2D eigenvalue weighted by molar-refractivity contribution is 5.93. The van der Waals surface area contributed by atoms with E-state index in [0.29, 0.717) is 12.1 Å². The Balaban J connectivity index is 1.66. The number of hydrogen-bond donors (Lipinski definition) is 1. The minimum absolute atomic E-state index is 0.0928. The van der Waals surface area contributed by atoms with Crippen LogP contribution in [0.25, 0.3) is 11.4 Å². The van der Waals surface area contributed by atoms with Crippen molar-refractivity contribution < 1.29 is 22.9 Å². The Labute approximate surface area is 180 Å². The number of carbonyl (C=O) groups excluding carboxylic acids is 1. The largest absolute Gasteiger partial charge is 0.416 e. The normalized spacial score (nSPS) is 15.7.